The summed E-state index contributed by atoms with van der Waals surface area (Å²) in [6, 6.07) is 8.04. The smallest absolute Gasteiger partial charge is 0.243 e. The van der Waals surface area contributed by atoms with E-state index in [9.17, 15) is 4.79 Å². The number of carbonyl (C=O) groups is 1. The molecule has 2 heterocycles. The van der Waals surface area contributed by atoms with E-state index in [-0.39, 0.29) is 42.5 Å². The standard InChI is InChI=1S/C21H32ClN5O2.HI/c1-25(2)20(28)15-24-21(23-14-19-4-3-13-29-19)27-11-9-26(10-12-27)16-17-5-7-18(22)8-6-17;/h5-8,19H,3-4,9-16H2,1-2H3,(H,23,24);1H. The Balaban J connectivity index is 0.00000320. The molecule has 0 aromatic heterocycles. The monoisotopic (exact) mass is 549 g/mol. The lowest BCUT2D eigenvalue weighted by atomic mass is 10.2. The van der Waals surface area contributed by atoms with Gasteiger partial charge in [-0.15, -0.1) is 24.0 Å². The molecule has 0 bridgehead atoms. The van der Waals surface area contributed by atoms with Crippen molar-refractivity contribution in [2.24, 2.45) is 4.99 Å². The topological polar surface area (TPSA) is 60.4 Å². The third kappa shape index (κ3) is 7.86. The second-order valence-corrected chi connectivity index (χ2v) is 8.27. The first-order valence-electron chi connectivity index (χ1n) is 10.3. The molecule has 0 saturated carbocycles. The number of aliphatic imine (C=N–C) groups is 1. The molecule has 2 fully saturated rings. The number of carbonyl (C=O) groups excluding carboxylic acids is 1. The van der Waals surface area contributed by atoms with Gasteiger partial charge in [0, 0.05) is 65.0 Å². The van der Waals surface area contributed by atoms with Crippen LogP contribution in [0.4, 0.5) is 0 Å². The van der Waals surface area contributed by atoms with E-state index >= 15 is 0 Å². The van der Waals surface area contributed by atoms with Crippen LogP contribution >= 0.6 is 35.6 Å². The number of benzene rings is 1. The molecule has 1 amide bonds. The molecule has 1 aromatic rings. The molecule has 2 aliphatic rings. The summed E-state index contributed by atoms with van der Waals surface area (Å²) in [5.41, 5.74) is 1.27. The maximum Gasteiger partial charge on any atom is 0.243 e. The van der Waals surface area contributed by atoms with E-state index in [2.05, 4.69) is 32.2 Å². The zero-order valence-electron chi connectivity index (χ0n) is 17.8. The molecule has 1 N–H and O–H groups in total. The molecule has 30 heavy (non-hydrogen) atoms. The summed E-state index contributed by atoms with van der Waals surface area (Å²) < 4.78 is 5.72. The minimum Gasteiger partial charge on any atom is -0.376 e. The van der Waals surface area contributed by atoms with Gasteiger partial charge in [-0.3, -0.25) is 9.69 Å². The summed E-state index contributed by atoms with van der Waals surface area (Å²) >= 11 is 5.98. The number of guanidine groups is 1. The number of amides is 1. The van der Waals surface area contributed by atoms with Crippen LogP contribution in [-0.4, -0.2) is 92.6 Å². The average molecular weight is 550 g/mol. The van der Waals surface area contributed by atoms with Crippen molar-refractivity contribution < 1.29 is 9.53 Å². The summed E-state index contributed by atoms with van der Waals surface area (Å²) in [4.78, 5) is 22.9. The van der Waals surface area contributed by atoms with Gasteiger partial charge in [-0.2, -0.15) is 0 Å². The van der Waals surface area contributed by atoms with Crippen LogP contribution in [0.3, 0.4) is 0 Å². The molecular formula is C21H33ClIN5O2. The Morgan fingerprint density at radius 2 is 1.93 bits per heavy atom. The van der Waals surface area contributed by atoms with Gasteiger partial charge in [0.05, 0.1) is 6.10 Å². The highest BCUT2D eigenvalue weighted by Crippen LogP contribution is 2.14. The van der Waals surface area contributed by atoms with E-state index in [0.717, 1.165) is 69.7 Å². The Kier molecular flexibility index (Phi) is 10.6. The number of rotatable bonds is 6. The molecule has 2 aliphatic heterocycles. The lowest BCUT2D eigenvalue weighted by Crippen LogP contribution is -2.53. The average Bonchev–Trinajstić information content (AvgIpc) is 3.24. The number of hydrogen-bond donors (Lipinski definition) is 1. The van der Waals surface area contributed by atoms with Gasteiger partial charge in [0.2, 0.25) is 5.91 Å². The Bertz CT molecular complexity index is 687. The molecule has 168 valence electrons. The van der Waals surface area contributed by atoms with Gasteiger partial charge >= 0.3 is 0 Å². The normalized spacial score (nSPS) is 20.0. The van der Waals surface area contributed by atoms with Gasteiger partial charge in [-0.05, 0) is 30.5 Å². The van der Waals surface area contributed by atoms with Gasteiger partial charge in [-0.25, -0.2) is 4.99 Å². The van der Waals surface area contributed by atoms with Crippen LogP contribution in [0.25, 0.3) is 0 Å². The fraction of sp³-hybridized carbons (Fsp3) is 0.619. The minimum absolute atomic E-state index is 0. The molecule has 1 atom stereocenters. The first-order valence-corrected chi connectivity index (χ1v) is 10.7. The van der Waals surface area contributed by atoms with Crippen molar-refractivity contribution in [1.82, 2.24) is 20.0 Å². The predicted octanol–water partition coefficient (Wildman–Crippen LogP) is 2.29. The zero-order valence-corrected chi connectivity index (χ0v) is 20.9. The fourth-order valence-electron chi connectivity index (χ4n) is 3.53. The van der Waals surface area contributed by atoms with Crippen molar-refractivity contribution in [3.63, 3.8) is 0 Å². The number of nitrogens with zero attached hydrogens (tertiary/aromatic N) is 4. The molecule has 7 nitrogen and oxygen atoms in total. The quantitative estimate of drug-likeness (QED) is 0.335. The second kappa shape index (κ2) is 12.7. The van der Waals surface area contributed by atoms with Crippen LogP contribution in [0.1, 0.15) is 18.4 Å². The maximum absolute atomic E-state index is 12.0. The molecule has 1 unspecified atom stereocenters. The number of halogens is 2. The van der Waals surface area contributed by atoms with Gasteiger partial charge in [0.1, 0.15) is 6.54 Å². The Morgan fingerprint density at radius 1 is 1.23 bits per heavy atom. The van der Waals surface area contributed by atoms with Crippen LogP contribution in [0.2, 0.25) is 5.02 Å². The Labute approximate surface area is 201 Å². The third-order valence-electron chi connectivity index (χ3n) is 5.37. The summed E-state index contributed by atoms with van der Waals surface area (Å²) in [7, 11) is 3.51. The number of nitrogens with one attached hydrogen (secondary N) is 1. The van der Waals surface area contributed by atoms with Crippen molar-refractivity contribution in [2.45, 2.75) is 25.5 Å². The largest absolute Gasteiger partial charge is 0.376 e. The highest BCUT2D eigenvalue weighted by atomic mass is 127. The number of piperazine rings is 1. The van der Waals surface area contributed by atoms with Crippen molar-refractivity contribution in [1.29, 1.82) is 0 Å². The van der Waals surface area contributed by atoms with E-state index < -0.39 is 0 Å². The molecule has 2 saturated heterocycles. The summed E-state index contributed by atoms with van der Waals surface area (Å²) in [5.74, 6) is 0.810. The van der Waals surface area contributed by atoms with E-state index in [1.807, 2.05) is 12.1 Å². The van der Waals surface area contributed by atoms with Crippen molar-refractivity contribution in [3.05, 3.63) is 34.9 Å². The van der Waals surface area contributed by atoms with E-state index in [1.54, 1.807) is 19.0 Å². The van der Waals surface area contributed by atoms with Crippen molar-refractivity contribution in [3.8, 4) is 0 Å². The van der Waals surface area contributed by atoms with Gasteiger partial charge in [0.15, 0.2) is 5.96 Å². The molecule has 0 spiro atoms. The van der Waals surface area contributed by atoms with Gasteiger partial charge in [0.25, 0.3) is 0 Å². The molecule has 9 heteroatoms. The number of hydrogen-bond acceptors (Lipinski definition) is 4. The van der Waals surface area contributed by atoms with Crippen LogP contribution in [0.15, 0.2) is 29.3 Å². The fourth-order valence-corrected chi connectivity index (χ4v) is 3.65. The van der Waals surface area contributed by atoms with E-state index in [0.29, 0.717) is 0 Å². The first-order chi connectivity index (χ1) is 14.0. The van der Waals surface area contributed by atoms with Crippen molar-refractivity contribution in [2.75, 3.05) is 60.0 Å². The second-order valence-electron chi connectivity index (χ2n) is 7.83. The Morgan fingerprint density at radius 3 is 2.53 bits per heavy atom. The number of likely N-dealkylation sites (N-methyl/N-ethyl adjacent to an activating group) is 1. The first kappa shape index (κ1) is 25.2. The lowest BCUT2D eigenvalue weighted by Gasteiger charge is -2.37. The zero-order chi connectivity index (χ0) is 20.6. The molecular weight excluding hydrogens is 517 g/mol. The third-order valence-corrected chi connectivity index (χ3v) is 5.62. The minimum atomic E-state index is 0. The summed E-state index contributed by atoms with van der Waals surface area (Å²) in [6.07, 6.45) is 2.42. The van der Waals surface area contributed by atoms with Gasteiger partial charge in [-0.1, -0.05) is 23.7 Å². The molecule has 3 rings (SSSR count). The van der Waals surface area contributed by atoms with Crippen molar-refractivity contribution >= 4 is 47.4 Å². The predicted molar refractivity (Wildman–Crippen MR) is 132 cm³/mol. The van der Waals surface area contributed by atoms with Crippen LogP contribution < -0.4 is 5.32 Å². The van der Waals surface area contributed by atoms with Gasteiger partial charge < -0.3 is 19.9 Å². The highest BCUT2D eigenvalue weighted by molar-refractivity contribution is 14.0. The number of ether oxygens (including phenoxy) is 1. The molecule has 0 radical (unpaired) electrons. The van der Waals surface area contributed by atoms with E-state index in [1.165, 1.54) is 5.56 Å². The summed E-state index contributed by atoms with van der Waals surface area (Å²) in [5, 5.41) is 4.21. The van der Waals surface area contributed by atoms with E-state index in [4.69, 9.17) is 16.3 Å². The highest BCUT2D eigenvalue weighted by Gasteiger charge is 2.22. The lowest BCUT2D eigenvalue weighted by molar-refractivity contribution is -0.127. The maximum atomic E-state index is 12.0. The van der Waals surface area contributed by atoms with Crippen LogP contribution in [-0.2, 0) is 16.1 Å². The van der Waals surface area contributed by atoms with Crippen LogP contribution in [0, 0.1) is 0 Å². The molecule has 0 aliphatic carbocycles. The SMILES string of the molecule is CN(C)C(=O)CN=C(NCC1CCCO1)N1CCN(Cc2ccc(Cl)cc2)CC1.I. The molecule has 1 aromatic carbocycles. The summed E-state index contributed by atoms with van der Waals surface area (Å²) in [6.45, 7) is 6.30. The van der Waals surface area contributed by atoms with Crippen LogP contribution in [0.5, 0.6) is 0 Å². The Hall–Kier alpha value is -1.10.